The zero-order valence-corrected chi connectivity index (χ0v) is 21.7. The zero-order chi connectivity index (χ0) is 26.9. The van der Waals surface area contributed by atoms with Gasteiger partial charge in [0.15, 0.2) is 17.3 Å². The van der Waals surface area contributed by atoms with Crippen LogP contribution in [-0.4, -0.2) is 39.9 Å². The number of carbonyl (C=O) groups is 1. The smallest absolute Gasteiger partial charge is 0.255 e. The number of pyridine rings is 1. The van der Waals surface area contributed by atoms with Gasteiger partial charge in [0, 0.05) is 23.0 Å². The highest BCUT2D eigenvalue weighted by molar-refractivity contribution is 6.06. The van der Waals surface area contributed by atoms with Gasteiger partial charge in [0.25, 0.3) is 5.91 Å². The molecule has 0 saturated heterocycles. The number of hydrogen-bond acceptors (Lipinski definition) is 7. The van der Waals surface area contributed by atoms with E-state index in [-0.39, 0.29) is 5.91 Å². The molecule has 0 saturated carbocycles. The van der Waals surface area contributed by atoms with Gasteiger partial charge in [0.1, 0.15) is 6.04 Å². The van der Waals surface area contributed by atoms with Crippen molar-refractivity contribution in [1.29, 1.82) is 0 Å². The molecule has 3 aromatic carbocycles. The molecule has 0 spiro atoms. The van der Waals surface area contributed by atoms with Crippen LogP contribution in [0.4, 0.5) is 11.6 Å². The number of benzene rings is 3. The first-order chi connectivity index (χ1) is 19.1. The summed E-state index contributed by atoms with van der Waals surface area (Å²) in [6.45, 7) is 1.85. The van der Waals surface area contributed by atoms with Crippen LogP contribution in [0.5, 0.6) is 11.5 Å². The molecular formula is C30H26N6O3. The molecule has 0 fully saturated rings. The second kappa shape index (κ2) is 9.94. The number of nitrogens with one attached hydrogen (secondary N) is 2. The van der Waals surface area contributed by atoms with Crippen LogP contribution in [0.2, 0.25) is 0 Å². The molecule has 5 aromatic rings. The molecule has 1 unspecified atom stereocenters. The topological polar surface area (TPSA) is 103 Å². The molecule has 0 radical (unpaired) electrons. The minimum absolute atomic E-state index is 0.296. The van der Waals surface area contributed by atoms with E-state index < -0.39 is 6.04 Å². The first kappa shape index (κ1) is 24.2. The van der Waals surface area contributed by atoms with Crippen molar-refractivity contribution >= 4 is 28.3 Å². The third kappa shape index (κ3) is 4.23. The summed E-state index contributed by atoms with van der Waals surface area (Å²) in [5.41, 5.74) is 3.31. The number of para-hydroxylation sites is 1. The Bertz CT molecular complexity index is 1720. The lowest BCUT2D eigenvalue weighted by molar-refractivity contribution is -0.113. The van der Waals surface area contributed by atoms with Crippen molar-refractivity contribution in [2.24, 2.45) is 0 Å². The number of aromatic nitrogens is 4. The second-order valence-electron chi connectivity index (χ2n) is 9.08. The molecule has 2 N–H and O–H groups in total. The number of allylic oxidation sites excluding steroid dienone is 1. The number of ether oxygens (including phenoxy) is 2. The zero-order valence-electron chi connectivity index (χ0n) is 21.7. The van der Waals surface area contributed by atoms with Crippen LogP contribution in [0.1, 0.15) is 18.5 Å². The average molecular weight is 519 g/mol. The predicted molar refractivity (Wildman–Crippen MR) is 150 cm³/mol. The number of methoxy groups -OCH3 is 2. The fraction of sp³-hybridized carbons (Fsp3) is 0.133. The summed E-state index contributed by atoms with van der Waals surface area (Å²) in [5.74, 6) is 1.83. The molecule has 3 heterocycles. The van der Waals surface area contributed by atoms with Crippen molar-refractivity contribution in [3.63, 3.8) is 0 Å². The maximum absolute atomic E-state index is 13.8. The molecule has 1 atom stereocenters. The fourth-order valence-electron chi connectivity index (χ4n) is 5.03. The Morgan fingerprint density at radius 2 is 1.79 bits per heavy atom. The van der Waals surface area contributed by atoms with E-state index >= 15 is 0 Å². The van der Waals surface area contributed by atoms with Crippen LogP contribution in [0.3, 0.4) is 0 Å². The van der Waals surface area contributed by atoms with Gasteiger partial charge in [0.05, 0.1) is 31.7 Å². The highest BCUT2D eigenvalue weighted by atomic mass is 16.5. The molecule has 0 aliphatic carbocycles. The Balaban J connectivity index is 1.53. The Morgan fingerprint density at radius 1 is 0.974 bits per heavy atom. The maximum Gasteiger partial charge on any atom is 0.255 e. The van der Waals surface area contributed by atoms with Crippen LogP contribution in [0, 0.1) is 0 Å². The van der Waals surface area contributed by atoms with E-state index in [2.05, 4.69) is 33.8 Å². The van der Waals surface area contributed by atoms with Crippen LogP contribution in [0.15, 0.2) is 96.5 Å². The number of hydrogen-bond donors (Lipinski definition) is 2. The Kier molecular flexibility index (Phi) is 6.16. The minimum atomic E-state index is -0.654. The number of anilines is 2. The Morgan fingerprint density at radius 3 is 2.59 bits per heavy atom. The Labute approximate surface area is 225 Å². The van der Waals surface area contributed by atoms with E-state index in [1.54, 1.807) is 43.4 Å². The summed E-state index contributed by atoms with van der Waals surface area (Å²) in [4.78, 5) is 22.8. The summed E-state index contributed by atoms with van der Waals surface area (Å²) >= 11 is 0. The molecule has 1 aliphatic heterocycles. The van der Waals surface area contributed by atoms with Gasteiger partial charge in [-0.05, 0) is 35.9 Å². The molecule has 1 aliphatic rings. The molecule has 2 aromatic heterocycles. The van der Waals surface area contributed by atoms with E-state index in [0.29, 0.717) is 45.8 Å². The van der Waals surface area contributed by atoms with E-state index in [9.17, 15) is 4.79 Å². The largest absolute Gasteiger partial charge is 0.493 e. The monoisotopic (exact) mass is 518 g/mol. The third-order valence-electron chi connectivity index (χ3n) is 6.78. The summed E-state index contributed by atoms with van der Waals surface area (Å²) < 4.78 is 13.1. The van der Waals surface area contributed by atoms with Crippen molar-refractivity contribution in [2.45, 2.75) is 13.0 Å². The highest BCUT2D eigenvalue weighted by Gasteiger charge is 2.37. The number of nitrogens with zero attached hydrogens (tertiary/aromatic N) is 4. The number of carbonyl (C=O) groups excluding carboxylic acids is 1. The van der Waals surface area contributed by atoms with Gasteiger partial charge >= 0.3 is 0 Å². The summed E-state index contributed by atoms with van der Waals surface area (Å²) in [6.07, 6.45) is 3.26. The standard InChI is InChI=1S/C30H26N6O3/c1-18-25(29(37)33-20-11-8-16-31-17-20)26(23-14-7-15-24(38-2)27(23)39-3)36-30(32-18)34-28(35-36)22-13-6-10-19-9-4-5-12-21(19)22/h4-17,26H,1-3H3,(H,33,37)(H,32,34,35). The van der Waals surface area contributed by atoms with Crippen LogP contribution >= 0.6 is 0 Å². The molecule has 0 bridgehead atoms. The van der Waals surface area contributed by atoms with Crippen molar-refractivity contribution in [1.82, 2.24) is 19.7 Å². The van der Waals surface area contributed by atoms with Gasteiger partial charge in [0.2, 0.25) is 5.95 Å². The lowest BCUT2D eigenvalue weighted by Gasteiger charge is -2.29. The normalized spacial score (nSPS) is 14.5. The number of fused-ring (bicyclic) bond motifs is 2. The average Bonchev–Trinajstić information content (AvgIpc) is 3.39. The third-order valence-corrected chi connectivity index (χ3v) is 6.78. The van der Waals surface area contributed by atoms with Crippen LogP contribution < -0.4 is 20.1 Å². The quantitative estimate of drug-likeness (QED) is 0.309. The minimum Gasteiger partial charge on any atom is -0.493 e. The van der Waals surface area contributed by atoms with Crippen LogP contribution in [-0.2, 0) is 4.79 Å². The molecule has 1 amide bonds. The number of rotatable bonds is 6. The Hall–Kier alpha value is -5.18. The number of amides is 1. The molecule has 6 rings (SSSR count). The van der Waals surface area contributed by atoms with Crippen molar-refractivity contribution in [3.8, 4) is 22.9 Å². The van der Waals surface area contributed by atoms with E-state index in [4.69, 9.17) is 19.6 Å². The van der Waals surface area contributed by atoms with Crippen molar-refractivity contribution in [3.05, 3.63) is 102 Å². The van der Waals surface area contributed by atoms with Crippen molar-refractivity contribution in [2.75, 3.05) is 24.9 Å². The second-order valence-corrected chi connectivity index (χ2v) is 9.08. The van der Waals surface area contributed by atoms with E-state index in [1.165, 1.54) is 0 Å². The van der Waals surface area contributed by atoms with E-state index in [0.717, 1.165) is 16.3 Å². The molecule has 9 nitrogen and oxygen atoms in total. The van der Waals surface area contributed by atoms with Gasteiger partial charge in [-0.1, -0.05) is 54.6 Å². The lowest BCUT2D eigenvalue weighted by Crippen LogP contribution is -2.31. The SMILES string of the molecule is COc1cccc(C2C(C(=O)Nc3cccnc3)=C(C)Nc3nc(-c4cccc5ccccc45)nn32)c1OC. The van der Waals surface area contributed by atoms with Crippen LogP contribution in [0.25, 0.3) is 22.2 Å². The maximum atomic E-state index is 13.8. The first-order valence-corrected chi connectivity index (χ1v) is 12.4. The van der Waals surface area contributed by atoms with Gasteiger partial charge in [-0.25, -0.2) is 4.68 Å². The summed E-state index contributed by atoms with van der Waals surface area (Å²) in [7, 11) is 3.17. The summed E-state index contributed by atoms with van der Waals surface area (Å²) in [5, 5.41) is 13.4. The van der Waals surface area contributed by atoms with E-state index in [1.807, 2.05) is 49.4 Å². The molecule has 39 heavy (non-hydrogen) atoms. The molecule has 9 heteroatoms. The van der Waals surface area contributed by atoms with Gasteiger partial charge in [-0.15, -0.1) is 5.10 Å². The first-order valence-electron chi connectivity index (χ1n) is 12.4. The predicted octanol–water partition coefficient (Wildman–Crippen LogP) is 5.44. The van der Waals surface area contributed by atoms with Gasteiger partial charge in [-0.3, -0.25) is 9.78 Å². The molecular weight excluding hydrogens is 492 g/mol. The van der Waals surface area contributed by atoms with Gasteiger partial charge in [-0.2, -0.15) is 4.98 Å². The lowest BCUT2D eigenvalue weighted by atomic mass is 9.94. The van der Waals surface area contributed by atoms with Crippen molar-refractivity contribution < 1.29 is 14.3 Å². The summed E-state index contributed by atoms with van der Waals surface area (Å²) in [6, 6.07) is 22.7. The van der Waals surface area contributed by atoms with Gasteiger partial charge < -0.3 is 20.1 Å². The molecule has 194 valence electrons. The fourth-order valence-corrected chi connectivity index (χ4v) is 5.03. The highest BCUT2D eigenvalue weighted by Crippen LogP contribution is 2.43.